The molecule has 5 heteroatoms. The largest absolute Gasteiger partial charge is 0.353 e. The molecule has 2 N–H and O–H groups in total. The summed E-state index contributed by atoms with van der Waals surface area (Å²) in [4.78, 5) is 11.7. The number of nitrogens with zero attached hydrogens (tertiary/aromatic N) is 1. The molecule has 5 nitrogen and oxygen atoms in total. The Morgan fingerprint density at radius 2 is 2.14 bits per heavy atom. The molecule has 1 atom stereocenters. The van der Waals surface area contributed by atoms with Gasteiger partial charge in [0.25, 0.3) is 0 Å². The highest BCUT2D eigenvalue weighted by atomic mass is 16.5. The second-order valence-electron chi connectivity index (χ2n) is 4.76. The molecular weight excluding hydrogens is 182 g/mol. The second kappa shape index (κ2) is 2.84. The Hall–Kier alpha value is -0.810. The first-order valence-electron chi connectivity index (χ1n) is 4.93. The van der Waals surface area contributed by atoms with Crippen molar-refractivity contribution in [1.82, 2.24) is 15.8 Å². The van der Waals surface area contributed by atoms with Crippen LogP contribution in [0.3, 0.4) is 0 Å². The highest BCUT2D eigenvalue weighted by Gasteiger charge is 2.48. The van der Waals surface area contributed by atoms with Gasteiger partial charge in [-0.15, -0.1) is 0 Å². The van der Waals surface area contributed by atoms with Crippen LogP contribution in [-0.2, 0) is 4.74 Å². The van der Waals surface area contributed by atoms with E-state index in [1.807, 2.05) is 20.8 Å². The van der Waals surface area contributed by atoms with Crippen molar-refractivity contribution in [3.8, 4) is 0 Å². The van der Waals surface area contributed by atoms with E-state index in [-0.39, 0.29) is 11.6 Å². The Labute approximate surface area is 83.8 Å². The molecule has 14 heavy (non-hydrogen) atoms. The number of nitrogens with one attached hydrogen (secondary N) is 2. The van der Waals surface area contributed by atoms with Crippen molar-refractivity contribution >= 4 is 6.03 Å². The number of urea groups is 1. The zero-order valence-corrected chi connectivity index (χ0v) is 8.89. The smallest absolute Gasteiger partial charge is 0.334 e. The normalized spacial score (nSPS) is 36.2. The van der Waals surface area contributed by atoms with Gasteiger partial charge in [0.1, 0.15) is 0 Å². The highest BCUT2D eigenvalue weighted by Crippen LogP contribution is 2.32. The average molecular weight is 199 g/mol. The minimum Gasteiger partial charge on any atom is -0.353 e. The summed E-state index contributed by atoms with van der Waals surface area (Å²) in [6.45, 7) is 7.29. The summed E-state index contributed by atoms with van der Waals surface area (Å²) in [5.74, 6) is 0. The molecule has 2 fully saturated rings. The van der Waals surface area contributed by atoms with Crippen LogP contribution in [0.5, 0.6) is 0 Å². The number of carbonyl (C=O) groups excluding carboxylic acids is 1. The van der Waals surface area contributed by atoms with Gasteiger partial charge in [0.15, 0.2) is 5.72 Å². The van der Waals surface area contributed by atoms with Crippen LogP contribution in [0.4, 0.5) is 4.79 Å². The van der Waals surface area contributed by atoms with Gasteiger partial charge < -0.3 is 10.1 Å². The molecule has 0 aromatic heterocycles. The number of ether oxygens (including phenoxy) is 1. The number of fused-ring (bicyclic) bond motifs is 1. The topological polar surface area (TPSA) is 53.6 Å². The molecule has 2 rings (SSSR count). The number of hydrogen-bond donors (Lipinski definition) is 2. The lowest BCUT2D eigenvalue weighted by Crippen LogP contribution is -2.73. The molecule has 0 radical (unpaired) electrons. The molecule has 2 aliphatic rings. The molecule has 0 spiro atoms. The van der Waals surface area contributed by atoms with Gasteiger partial charge in [-0.3, -0.25) is 0 Å². The predicted octanol–water partition coefficient (Wildman–Crippen LogP) is 0.431. The van der Waals surface area contributed by atoms with Gasteiger partial charge in [-0.2, -0.15) is 0 Å². The monoisotopic (exact) mass is 199 g/mol. The maximum Gasteiger partial charge on any atom is 0.334 e. The maximum atomic E-state index is 11.7. The minimum atomic E-state index is -0.510. The SMILES string of the molecule is CC1(C)CC2(C)OCCNN2C(=O)N1. The fraction of sp³-hybridized carbons (Fsp3) is 0.889. The Morgan fingerprint density at radius 1 is 1.43 bits per heavy atom. The van der Waals surface area contributed by atoms with Crippen molar-refractivity contribution in [3.63, 3.8) is 0 Å². The Kier molecular flexibility index (Phi) is 1.97. The van der Waals surface area contributed by atoms with Crippen LogP contribution in [0.1, 0.15) is 27.2 Å². The summed E-state index contributed by atoms with van der Waals surface area (Å²) in [7, 11) is 0. The number of hydrazine groups is 1. The van der Waals surface area contributed by atoms with Crippen LogP contribution in [0.25, 0.3) is 0 Å². The fourth-order valence-corrected chi connectivity index (χ4v) is 2.29. The van der Waals surface area contributed by atoms with E-state index in [0.717, 1.165) is 6.42 Å². The molecule has 2 heterocycles. The van der Waals surface area contributed by atoms with E-state index in [1.165, 1.54) is 0 Å². The summed E-state index contributed by atoms with van der Waals surface area (Å²) in [5, 5.41) is 4.48. The molecule has 2 saturated heterocycles. The highest BCUT2D eigenvalue weighted by molar-refractivity contribution is 5.76. The van der Waals surface area contributed by atoms with Gasteiger partial charge in [0.2, 0.25) is 0 Å². The zero-order chi connectivity index (χ0) is 10.4. The average Bonchev–Trinajstić information content (AvgIpc) is 1.99. The molecule has 2 amide bonds. The van der Waals surface area contributed by atoms with Gasteiger partial charge in [0.05, 0.1) is 6.61 Å². The molecule has 0 aliphatic carbocycles. The predicted molar refractivity (Wildman–Crippen MR) is 51.4 cm³/mol. The summed E-state index contributed by atoms with van der Waals surface area (Å²) in [6.07, 6.45) is 0.777. The van der Waals surface area contributed by atoms with E-state index in [2.05, 4.69) is 10.7 Å². The summed E-state index contributed by atoms with van der Waals surface area (Å²) >= 11 is 0. The number of amides is 2. The molecule has 0 saturated carbocycles. The van der Waals surface area contributed by atoms with Crippen molar-refractivity contribution in [3.05, 3.63) is 0 Å². The van der Waals surface area contributed by atoms with Crippen molar-refractivity contribution < 1.29 is 9.53 Å². The van der Waals surface area contributed by atoms with Gasteiger partial charge in [-0.05, 0) is 20.8 Å². The quantitative estimate of drug-likeness (QED) is 0.595. The van der Waals surface area contributed by atoms with Crippen LogP contribution in [0.2, 0.25) is 0 Å². The van der Waals surface area contributed by atoms with Crippen molar-refractivity contribution in [1.29, 1.82) is 0 Å². The lowest BCUT2D eigenvalue weighted by molar-refractivity contribution is -0.195. The maximum absolute atomic E-state index is 11.7. The third kappa shape index (κ3) is 1.46. The van der Waals surface area contributed by atoms with E-state index in [1.54, 1.807) is 5.01 Å². The number of carbonyl (C=O) groups is 1. The van der Waals surface area contributed by atoms with Crippen LogP contribution < -0.4 is 10.7 Å². The molecule has 0 bridgehead atoms. The van der Waals surface area contributed by atoms with Gasteiger partial charge in [-0.25, -0.2) is 15.2 Å². The zero-order valence-electron chi connectivity index (χ0n) is 8.89. The van der Waals surface area contributed by atoms with E-state index >= 15 is 0 Å². The van der Waals surface area contributed by atoms with Gasteiger partial charge in [0, 0.05) is 18.5 Å². The van der Waals surface area contributed by atoms with E-state index in [0.29, 0.717) is 13.2 Å². The van der Waals surface area contributed by atoms with Crippen LogP contribution >= 0.6 is 0 Å². The van der Waals surface area contributed by atoms with E-state index in [9.17, 15) is 4.79 Å². The fourth-order valence-electron chi connectivity index (χ4n) is 2.29. The van der Waals surface area contributed by atoms with Crippen LogP contribution in [0, 0.1) is 0 Å². The number of hydrogen-bond acceptors (Lipinski definition) is 3. The summed E-state index contributed by atoms with van der Waals surface area (Å²) < 4.78 is 5.68. The molecule has 0 aromatic rings. The Morgan fingerprint density at radius 3 is 2.86 bits per heavy atom. The first kappa shape index (κ1) is 9.73. The third-order valence-corrected chi connectivity index (χ3v) is 2.68. The lowest BCUT2D eigenvalue weighted by atomic mass is 9.90. The van der Waals surface area contributed by atoms with Crippen molar-refractivity contribution in [2.45, 2.75) is 38.5 Å². The van der Waals surface area contributed by atoms with Crippen molar-refractivity contribution in [2.24, 2.45) is 0 Å². The van der Waals surface area contributed by atoms with Crippen molar-refractivity contribution in [2.75, 3.05) is 13.2 Å². The third-order valence-electron chi connectivity index (χ3n) is 2.68. The standard InChI is InChI=1S/C9H17N3O2/c1-8(2)6-9(3)12(7(13)11-8)10-4-5-14-9/h10H,4-6H2,1-3H3,(H,11,13). The van der Waals surface area contributed by atoms with E-state index in [4.69, 9.17) is 4.74 Å². The first-order valence-corrected chi connectivity index (χ1v) is 4.93. The van der Waals surface area contributed by atoms with Gasteiger partial charge in [-0.1, -0.05) is 0 Å². The molecule has 0 aromatic carbocycles. The first-order chi connectivity index (χ1) is 6.43. The molecular formula is C9H17N3O2. The summed E-state index contributed by atoms with van der Waals surface area (Å²) in [6, 6.07) is -0.108. The summed E-state index contributed by atoms with van der Waals surface area (Å²) in [5.41, 5.74) is 2.33. The minimum absolute atomic E-state index is 0.108. The lowest BCUT2D eigenvalue weighted by Gasteiger charge is -2.52. The Balaban J connectivity index is 2.25. The van der Waals surface area contributed by atoms with Crippen LogP contribution in [0.15, 0.2) is 0 Å². The van der Waals surface area contributed by atoms with E-state index < -0.39 is 5.72 Å². The van der Waals surface area contributed by atoms with Crippen LogP contribution in [-0.4, -0.2) is 35.5 Å². The molecule has 1 unspecified atom stereocenters. The Bertz CT molecular complexity index is 267. The molecule has 80 valence electrons. The van der Waals surface area contributed by atoms with Gasteiger partial charge >= 0.3 is 6.03 Å². The second-order valence-corrected chi connectivity index (χ2v) is 4.76. The molecule has 2 aliphatic heterocycles. The number of rotatable bonds is 0.